The molecule has 6 nitrogen and oxygen atoms in total. The van der Waals surface area contributed by atoms with Gasteiger partial charge in [-0.15, -0.1) is 0 Å². The molecule has 0 atom stereocenters. The molecule has 2 amide bonds. The van der Waals surface area contributed by atoms with Gasteiger partial charge >= 0.3 is 6.03 Å². The quantitative estimate of drug-likeness (QED) is 0.793. The van der Waals surface area contributed by atoms with Gasteiger partial charge in [0.15, 0.2) is 11.5 Å². The first-order valence-corrected chi connectivity index (χ1v) is 6.67. The molecule has 0 bridgehead atoms. The van der Waals surface area contributed by atoms with Crippen LogP contribution in [0.1, 0.15) is 5.56 Å². The van der Waals surface area contributed by atoms with Crippen molar-refractivity contribution >= 4 is 11.7 Å². The average molecular weight is 302 g/mol. The Hall–Kier alpha value is -2.89. The number of amides is 2. The number of phenolic OH excluding ortho intramolecular Hbond substituents is 1. The highest BCUT2D eigenvalue weighted by Gasteiger charge is 2.05. The van der Waals surface area contributed by atoms with Crippen LogP contribution in [0.4, 0.5) is 10.5 Å². The van der Waals surface area contributed by atoms with Crippen LogP contribution in [-0.2, 0) is 6.54 Å². The summed E-state index contributed by atoms with van der Waals surface area (Å²) in [6.45, 7) is 0.318. The zero-order valence-electron chi connectivity index (χ0n) is 12.4. The minimum atomic E-state index is -0.322. The molecule has 2 rings (SSSR count). The summed E-state index contributed by atoms with van der Waals surface area (Å²) in [6, 6.07) is 11.6. The summed E-state index contributed by atoms with van der Waals surface area (Å²) in [5.74, 6) is 1.16. The number of phenols is 1. The van der Waals surface area contributed by atoms with E-state index >= 15 is 0 Å². The number of hydrogen-bond donors (Lipinski definition) is 3. The number of carbonyl (C=O) groups excluding carboxylic acids is 1. The number of carbonyl (C=O) groups is 1. The molecule has 0 heterocycles. The highest BCUT2D eigenvalue weighted by atomic mass is 16.5. The Labute approximate surface area is 128 Å². The SMILES string of the molecule is COc1ccc(NC(=O)NCc2ccc(O)c(OC)c2)cc1. The number of methoxy groups -OCH3 is 2. The molecule has 0 spiro atoms. The average Bonchev–Trinajstić information content (AvgIpc) is 2.55. The zero-order valence-corrected chi connectivity index (χ0v) is 12.4. The van der Waals surface area contributed by atoms with Crippen LogP contribution in [0.2, 0.25) is 0 Å². The van der Waals surface area contributed by atoms with E-state index in [9.17, 15) is 9.90 Å². The number of ether oxygens (including phenoxy) is 2. The third-order valence-corrected chi connectivity index (χ3v) is 3.05. The van der Waals surface area contributed by atoms with E-state index in [1.165, 1.54) is 13.2 Å². The van der Waals surface area contributed by atoms with Crippen molar-refractivity contribution in [3.05, 3.63) is 48.0 Å². The fraction of sp³-hybridized carbons (Fsp3) is 0.188. The molecule has 22 heavy (non-hydrogen) atoms. The van der Waals surface area contributed by atoms with Crippen LogP contribution in [-0.4, -0.2) is 25.4 Å². The summed E-state index contributed by atoms with van der Waals surface area (Å²) in [4.78, 5) is 11.8. The van der Waals surface area contributed by atoms with Gasteiger partial charge in [-0.05, 0) is 42.0 Å². The highest BCUT2D eigenvalue weighted by Crippen LogP contribution is 2.26. The molecule has 0 aliphatic rings. The second-order valence-electron chi connectivity index (χ2n) is 4.54. The largest absolute Gasteiger partial charge is 0.504 e. The van der Waals surface area contributed by atoms with Gasteiger partial charge < -0.3 is 25.2 Å². The summed E-state index contributed by atoms with van der Waals surface area (Å²) in [5.41, 5.74) is 1.49. The Kier molecular flexibility index (Phi) is 5.08. The van der Waals surface area contributed by atoms with Gasteiger partial charge in [0.1, 0.15) is 5.75 Å². The molecule has 116 valence electrons. The van der Waals surface area contributed by atoms with E-state index in [4.69, 9.17) is 9.47 Å². The van der Waals surface area contributed by atoms with E-state index in [1.807, 2.05) is 0 Å². The van der Waals surface area contributed by atoms with Gasteiger partial charge in [0.25, 0.3) is 0 Å². The molecule has 3 N–H and O–H groups in total. The van der Waals surface area contributed by atoms with E-state index < -0.39 is 0 Å². The molecule has 0 saturated carbocycles. The van der Waals surface area contributed by atoms with Crippen LogP contribution in [0.3, 0.4) is 0 Å². The minimum Gasteiger partial charge on any atom is -0.504 e. The van der Waals surface area contributed by atoms with Crippen molar-refractivity contribution in [2.75, 3.05) is 19.5 Å². The van der Waals surface area contributed by atoms with Crippen molar-refractivity contribution in [2.45, 2.75) is 6.54 Å². The van der Waals surface area contributed by atoms with Crippen molar-refractivity contribution in [3.63, 3.8) is 0 Å². The normalized spacial score (nSPS) is 9.91. The lowest BCUT2D eigenvalue weighted by Gasteiger charge is -2.10. The highest BCUT2D eigenvalue weighted by molar-refractivity contribution is 5.89. The molecule has 2 aromatic carbocycles. The predicted octanol–water partition coefficient (Wildman–Crippen LogP) is 2.73. The number of hydrogen-bond acceptors (Lipinski definition) is 4. The Morgan fingerprint density at radius 3 is 2.45 bits per heavy atom. The lowest BCUT2D eigenvalue weighted by atomic mass is 10.2. The predicted molar refractivity (Wildman–Crippen MR) is 83.5 cm³/mol. The maximum Gasteiger partial charge on any atom is 0.319 e. The van der Waals surface area contributed by atoms with Crippen molar-refractivity contribution in [3.8, 4) is 17.2 Å². The second-order valence-corrected chi connectivity index (χ2v) is 4.54. The third-order valence-electron chi connectivity index (χ3n) is 3.05. The van der Waals surface area contributed by atoms with Crippen molar-refractivity contribution in [2.24, 2.45) is 0 Å². The molecule has 0 aromatic heterocycles. The van der Waals surface area contributed by atoms with Crippen molar-refractivity contribution in [1.29, 1.82) is 0 Å². The Morgan fingerprint density at radius 1 is 1.09 bits per heavy atom. The molecule has 6 heteroatoms. The smallest absolute Gasteiger partial charge is 0.319 e. The summed E-state index contributed by atoms with van der Waals surface area (Å²) >= 11 is 0. The molecule has 0 radical (unpaired) electrons. The van der Waals surface area contributed by atoms with Gasteiger partial charge in [0, 0.05) is 12.2 Å². The van der Waals surface area contributed by atoms with Crippen molar-refractivity contribution < 1.29 is 19.4 Å². The van der Waals surface area contributed by atoms with Crippen LogP contribution in [0.15, 0.2) is 42.5 Å². The topological polar surface area (TPSA) is 79.8 Å². The standard InChI is InChI=1S/C16H18N2O4/c1-21-13-6-4-12(5-7-13)18-16(20)17-10-11-3-8-14(19)15(9-11)22-2/h3-9,19H,10H2,1-2H3,(H2,17,18,20). The van der Waals surface area contributed by atoms with E-state index in [-0.39, 0.29) is 11.8 Å². The minimum absolute atomic E-state index is 0.0638. The molecule has 2 aromatic rings. The molecule has 0 aliphatic carbocycles. The maximum atomic E-state index is 11.8. The summed E-state index contributed by atoms with van der Waals surface area (Å²) in [7, 11) is 3.06. The number of aromatic hydroxyl groups is 1. The Bertz CT molecular complexity index is 641. The zero-order chi connectivity index (χ0) is 15.9. The first-order chi connectivity index (χ1) is 10.6. The van der Waals surface area contributed by atoms with Gasteiger partial charge in [0.05, 0.1) is 14.2 Å². The molecule has 0 aliphatic heterocycles. The number of rotatable bonds is 5. The fourth-order valence-corrected chi connectivity index (χ4v) is 1.86. The Balaban J connectivity index is 1.89. The lowest BCUT2D eigenvalue weighted by Crippen LogP contribution is -2.28. The summed E-state index contributed by atoms with van der Waals surface area (Å²) < 4.78 is 10.1. The monoisotopic (exact) mass is 302 g/mol. The van der Waals surface area contributed by atoms with Crippen LogP contribution in [0, 0.1) is 0 Å². The van der Waals surface area contributed by atoms with Gasteiger partial charge in [-0.25, -0.2) is 4.79 Å². The van der Waals surface area contributed by atoms with Crippen LogP contribution in [0.25, 0.3) is 0 Å². The van der Waals surface area contributed by atoms with Gasteiger partial charge in [0.2, 0.25) is 0 Å². The molecular weight excluding hydrogens is 284 g/mol. The first kappa shape index (κ1) is 15.5. The fourth-order valence-electron chi connectivity index (χ4n) is 1.86. The van der Waals surface area contributed by atoms with Gasteiger partial charge in [-0.2, -0.15) is 0 Å². The van der Waals surface area contributed by atoms with Crippen molar-refractivity contribution in [1.82, 2.24) is 5.32 Å². The number of urea groups is 1. The molecule has 0 saturated heterocycles. The summed E-state index contributed by atoms with van der Waals surface area (Å²) in [5, 5.41) is 15.0. The number of nitrogens with one attached hydrogen (secondary N) is 2. The maximum absolute atomic E-state index is 11.8. The lowest BCUT2D eigenvalue weighted by molar-refractivity contribution is 0.251. The Morgan fingerprint density at radius 2 is 1.82 bits per heavy atom. The van der Waals surface area contributed by atoms with Crippen LogP contribution < -0.4 is 20.1 Å². The first-order valence-electron chi connectivity index (χ1n) is 6.67. The second kappa shape index (κ2) is 7.21. The van der Waals surface area contributed by atoms with Gasteiger partial charge in [-0.3, -0.25) is 0 Å². The van der Waals surface area contributed by atoms with E-state index in [1.54, 1.807) is 43.5 Å². The van der Waals surface area contributed by atoms with E-state index in [2.05, 4.69) is 10.6 Å². The van der Waals surface area contributed by atoms with Crippen LogP contribution >= 0.6 is 0 Å². The summed E-state index contributed by atoms with van der Waals surface area (Å²) in [6.07, 6.45) is 0. The number of anilines is 1. The molecule has 0 unspecified atom stereocenters. The van der Waals surface area contributed by atoms with Gasteiger partial charge in [-0.1, -0.05) is 6.07 Å². The van der Waals surface area contributed by atoms with E-state index in [0.29, 0.717) is 18.0 Å². The molecule has 0 fully saturated rings. The third kappa shape index (κ3) is 4.05. The van der Waals surface area contributed by atoms with Crippen LogP contribution in [0.5, 0.6) is 17.2 Å². The van der Waals surface area contributed by atoms with E-state index in [0.717, 1.165) is 11.3 Å². The number of benzene rings is 2. The molecular formula is C16H18N2O4.